The highest BCUT2D eigenvalue weighted by Gasteiger charge is 2.48. The third-order valence-corrected chi connectivity index (χ3v) is 5.91. The molecule has 4 rings (SSSR count). The first kappa shape index (κ1) is 19.1. The van der Waals surface area contributed by atoms with Gasteiger partial charge in [0.15, 0.2) is 0 Å². The Balaban J connectivity index is 1.60. The van der Waals surface area contributed by atoms with Crippen LogP contribution >= 0.6 is 0 Å². The van der Waals surface area contributed by atoms with Crippen molar-refractivity contribution in [2.24, 2.45) is 11.8 Å². The lowest BCUT2D eigenvalue weighted by Crippen LogP contribution is -2.31. The Bertz CT molecular complexity index is 1030. The third-order valence-electron chi connectivity index (χ3n) is 5.91. The fourth-order valence-corrected chi connectivity index (χ4v) is 4.28. The highest BCUT2D eigenvalue weighted by molar-refractivity contribution is 6.22. The molecule has 3 amide bonds. The highest BCUT2D eigenvalue weighted by Crippen LogP contribution is 2.39. The summed E-state index contributed by atoms with van der Waals surface area (Å²) in [6.07, 6.45) is 3.27. The molecule has 2 aliphatic rings. The maximum Gasteiger partial charge on any atom is 0.255 e. The van der Waals surface area contributed by atoms with E-state index in [1.165, 1.54) is 4.90 Å². The Morgan fingerprint density at radius 2 is 1.62 bits per heavy atom. The maximum atomic E-state index is 12.9. The van der Waals surface area contributed by atoms with Crippen LogP contribution in [0.2, 0.25) is 0 Å². The second kappa shape index (κ2) is 7.32. The number of fused-ring (bicyclic) bond motifs is 1. The second-order valence-electron chi connectivity index (χ2n) is 7.99. The summed E-state index contributed by atoms with van der Waals surface area (Å²) in [7, 11) is 0. The Morgan fingerprint density at radius 3 is 2.34 bits per heavy atom. The summed E-state index contributed by atoms with van der Waals surface area (Å²) in [5.74, 6) is -1.19. The van der Waals surface area contributed by atoms with Gasteiger partial charge in [0.2, 0.25) is 11.8 Å². The van der Waals surface area contributed by atoms with Gasteiger partial charge in [0, 0.05) is 11.3 Å². The highest BCUT2D eigenvalue weighted by atomic mass is 16.2. The molecule has 1 heterocycles. The molecule has 29 heavy (non-hydrogen) atoms. The van der Waals surface area contributed by atoms with Crippen molar-refractivity contribution in [2.45, 2.75) is 33.6 Å². The topological polar surface area (TPSA) is 66.5 Å². The van der Waals surface area contributed by atoms with Crippen LogP contribution in [0.1, 0.15) is 41.3 Å². The van der Waals surface area contributed by atoms with Crippen molar-refractivity contribution in [1.29, 1.82) is 0 Å². The number of allylic oxidation sites excluding steroid dienone is 2. The maximum absolute atomic E-state index is 12.9. The number of carbonyl (C=O) groups excluding carboxylic acids is 3. The van der Waals surface area contributed by atoms with Crippen LogP contribution in [-0.4, -0.2) is 17.7 Å². The lowest BCUT2D eigenvalue weighted by molar-refractivity contribution is -0.122. The molecule has 1 fully saturated rings. The van der Waals surface area contributed by atoms with Gasteiger partial charge in [-0.3, -0.25) is 19.3 Å². The molecule has 2 atom stereocenters. The number of imide groups is 1. The molecule has 0 spiro atoms. The third kappa shape index (κ3) is 3.37. The summed E-state index contributed by atoms with van der Waals surface area (Å²) in [5, 5.41) is 2.96. The van der Waals surface area contributed by atoms with E-state index >= 15 is 0 Å². The molecule has 5 heteroatoms. The lowest BCUT2D eigenvalue weighted by Gasteiger charge is -2.18. The predicted molar refractivity (Wildman–Crippen MR) is 113 cm³/mol. The van der Waals surface area contributed by atoms with Gasteiger partial charge in [0.05, 0.1) is 17.5 Å². The molecule has 0 unspecified atom stereocenters. The van der Waals surface area contributed by atoms with E-state index < -0.39 is 0 Å². The number of anilines is 2. The minimum Gasteiger partial charge on any atom is -0.322 e. The van der Waals surface area contributed by atoms with E-state index in [9.17, 15) is 14.4 Å². The smallest absolute Gasteiger partial charge is 0.255 e. The zero-order chi connectivity index (χ0) is 20.7. The van der Waals surface area contributed by atoms with E-state index in [0.717, 1.165) is 22.4 Å². The van der Waals surface area contributed by atoms with Crippen LogP contribution in [0, 0.1) is 25.7 Å². The minimum atomic E-state index is -0.293. The standard InChI is InChI=1S/C24H24N2O3/c1-14-10-11-19-20(12-14)24(29)26(23(19)28)18-9-5-8-17(13-18)22(27)25-21-15(2)6-4-7-16(21)3/h4-10,13,19-20H,11-12H2,1-3H3,(H,25,27)/t19-,20+/m1/s1. The van der Waals surface area contributed by atoms with Crippen LogP contribution in [0.3, 0.4) is 0 Å². The molecular formula is C24H24N2O3. The molecule has 1 aliphatic carbocycles. The summed E-state index contributed by atoms with van der Waals surface area (Å²) in [6, 6.07) is 12.6. The molecular weight excluding hydrogens is 364 g/mol. The van der Waals surface area contributed by atoms with Crippen molar-refractivity contribution in [3.05, 3.63) is 70.8 Å². The van der Waals surface area contributed by atoms with Crippen molar-refractivity contribution in [1.82, 2.24) is 0 Å². The molecule has 148 valence electrons. The number of hydrogen-bond donors (Lipinski definition) is 1. The van der Waals surface area contributed by atoms with Crippen LogP contribution in [0.25, 0.3) is 0 Å². The molecule has 2 aromatic carbocycles. The van der Waals surface area contributed by atoms with Gasteiger partial charge in [0.25, 0.3) is 5.91 Å². The summed E-state index contributed by atoms with van der Waals surface area (Å²) in [5.41, 5.74) is 4.76. The van der Waals surface area contributed by atoms with Crippen LogP contribution in [0.15, 0.2) is 54.1 Å². The van der Waals surface area contributed by atoms with Gasteiger partial charge in [-0.2, -0.15) is 0 Å². The second-order valence-corrected chi connectivity index (χ2v) is 7.99. The molecule has 1 aliphatic heterocycles. The van der Waals surface area contributed by atoms with Gasteiger partial charge in [-0.05, 0) is 62.9 Å². The van der Waals surface area contributed by atoms with Gasteiger partial charge >= 0.3 is 0 Å². The monoisotopic (exact) mass is 388 g/mol. The lowest BCUT2D eigenvalue weighted by atomic mass is 9.82. The summed E-state index contributed by atoms with van der Waals surface area (Å²) < 4.78 is 0. The fraction of sp³-hybridized carbons (Fsp3) is 0.292. The minimum absolute atomic E-state index is 0.167. The van der Waals surface area contributed by atoms with Gasteiger partial charge in [-0.1, -0.05) is 35.9 Å². The van der Waals surface area contributed by atoms with Crippen molar-refractivity contribution in [2.75, 3.05) is 10.2 Å². The number of para-hydroxylation sites is 1. The molecule has 0 bridgehead atoms. The van der Waals surface area contributed by atoms with Gasteiger partial charge < -0.3 is 5.32 Å². The van der Waals surface area contributed by atoms with Crippen molar-refractivity contribution < 1.29 is 14.4 Å². The predicted octanol–water partition coefficient (Wildman–Crippen LogP) is 4.40. The Morgan fingerprint density at radius 1 is 0.966 bits per heavy atom. The molecule has 5 nitrogen and oxygen atoms in total. The largest absolute Gasteiger partial charge is 0.322 e. The van der Waals surface area contributed by atoms with Crippen LogP contribution in [0.5, 0.6) is 0 Å². The number of aryl methyl sites for hydroxylation is 2. The van der Waals surface area contributed by atoms with Gasteiger partial charge in [0.1, 0.15) is 0 Å². The molecule has 2 aromatic rings. The number of benzene rings is 2. The summed E-state index contributed by atoms with van der Waals surface area (Å²) >= 11 is 0. The van der Waals surface area contributed by atoms with E-state index in [1.54, 1.807) is 24.3 Å². The SMILES string of the molecule is CC1=CC[C@H]2C(=O)N(c3cccc(C(=O)Nc4c(C)cccc4C)c3)C(=O)[C@H]2C1. The van der Waals surface area contributed by atoms with Crippen LogP contribution in [-0.2, 0) is 9.59 Å². The normalized spacial score (nSPS) is 21.1. The number of carbonyl (C=O) groups is 3. The van der Waals surface area contributed by atoms with Crippen LogP contribution in [0.4, 0.5) is 11.4 Å². The van der Waals surface area contributed by atoms with E-state index in [4.69, 9.17) is 0 Å². The Kier molecular flexibility index (Phi) is 4.82. The Labute approximate surface area is 170 Å². The van der Waals surface area contributed by atoms with Gasteiger partial charge in [-0.15, -0.1) is 0 Å². The summed E-state index contributed by atoms with van der Waals surface area (Å²) in [6.45, 7) is 5.88. The molecule has 1 N–H and O–H groups in total. The average molecular weight is 388 g/mol. The quantitative estimate of drug-likeness (QED) is 0.626. The number of amides is 3. The number of nitrogens with one attached hydrogen (secondary N) is 1. The zero-order valence-corrected chi connectivity index (χ0v) is 16.9. The van der Waals surface area contributed by atoms with Crippen molar-refractivity contribution in [3.8, 4) is 0 Å². The Hall–Kier alpha value is -3.21. The van der Waals surface area contributed by atoms with Crippen molar-refractivity contribution >= 4 is 29.1 Å². The molecule has 1 saturated heterocycles. The van der Waals surface area contributed by atoms with Crippen molar-refractivity contribution in [3.63, 3.8) is 0 Å². The van der Waals surface area contributed by atoms with Crippen LogP contribution < -0.4 is 10.2 Å². The molecule has 0 radical (unpaired) electrons. The molecule has 0 aromatic heterocycles. The first-order chi connectivity index (χ1) is 13.9. The van der Waals surface area contributed by atoms with E-state index in [0.29, 0.717) is 24.1 Å². The zero-order valence-electron chi connectivity index (χ0n) is 16.9. The number of rotatable bonds is 3. The average Bonchev–Trinajstić information content (AvgIpc) is 2.94. The summed E-state index contributed by atoms with van der Waals surface area (Å²) in [4.78, 5) is 39.9. The van der Waals surface area contributed by atoms with E-state index in [1.807, 2.05) is 45.0 Å². The number of nitrogens with zero attached hydrogens (tertiary/aromatic N) is 1. The first-order valence-electron chi connectivity index (χ1n) is 9.88. The fourth-order valence-electron chi connectivity index (χ4n) is 4.28. The first-order valence-corrected chi connectivity index (χ1v) is 9.88. The van der Waals surface area contributed by atoms with E-state index in [-0.39, 0.29) is 29.6 Å². The van der Waals surface area contributed by atoms with Gasteiger partial charge in [-0.25, -0.2) is 0 Å². The van der Waals surface area contributed by atoms with E-state index in [2.05, 4.69) is 5.32 Å². The number of hydrogen-bond acceptors (Lipinski definition) is 3. The molecule has 0 saturated carbocycles.